The summed E-state index contributed by atoms with van der Waals surface area (Å²) in [7, 11) is 0. The number of alkyl halides is 5. The molecule has 15 heavy (non-hydrogen) atoms. The molecule has 0 aliphatic carbocycles. The molecule has 0 saturated carbocycles. The van der Waals surface area contributed by atoms with E-state index in [9.17, 15) is 22.0 Å². The van der Waals surface area contributed by atoms with Crippen LogP contribution >= 0.6 is 27.5 Å². The second-order valence-corrected chi connectivity index (χ2v) is 3.92. The number of halogens is 7. The zero-order valence-corrected chi connectivity index (χ0v) is 9.22. The quantitative estimate of drug-likeness (QED) is 0.636. The number of rotatable bonds is 1. The van der Waals surface area contributed by atoms with Crippen LogP contribution < -0.4 is 0 Å². The fourth-order valence-corrected chi connectivity index (χ4v) is 2.14. The Hall–Kier alpha value is -0.360. The third-order valence-electron chi connectivity index (χ3n) is 1.60. The van der Waals surface area contributed by atoms with Crippen molar-refractivity contribution in [1.29, 1.82) is 0 Å². The van der Waals surface area contributed by atoms with Gasteiger partial charge >= 0.3 is 6.18 Å². The van der Waals surface area contributed by atoms with E-state index < -0.39 is 33.2 Å². The van der Waals surface area contributed by atoms with Crippen molar-refractivity contribution in [3.63, 3.8) is 0 Å². The normalized spacial score (nSPS) is 12.3. The molecule has 0 unspecified atom stereocenters. The second kappa shape index (κ2) is 4.25. The average Bonchev–Trinajstić information content (AvgIpc) is 1.99. The van der Waals surface area contributed by atoms with E-state index in [1.54, 1.807) is 0 Å². The minimum absolute atomic E-state index is 0.488. The van der Waals surface area contributed by atoms with Gasteiger partial charge in [0.15, 0.2) is 0 Å². The first-order chi connectivity index (χ1) is 6.73. The van der Waals surface area contributed by atoms with E-state index in [1.807, 2.05) is 0 Å². The summed E-state index contributed by atoms with van der Waals surface area (Å²) in [6.07, 6.45) is -7.53. The van der Waals surface area contributed by atoms with Crippen LogP contribution in [0.15, 0.2) is 16.6 Å². The Morgan fingerprint density at radius 3 is 2.07 bits per heavy atom. The molecule has 1 aromatic carbocycles. The van der Waals surface area contributed by atoms with Gasteiger partial charge in [0.05, 0.1) is 10.6 Å². The molecule has 7 heteroatoms. The molecule has 0 heterocycles. The molecule has 0 aliphatic heterocycles. The van der Waals surface area contributed by atoms with Gasteiger partial charge in [-0.05, 0) is 12.1 Å². The van der Waals surface area contributed by atoms with Crippen LogP contribution in [-0.4, -0.2) is 0 Å². The van der Waals surface area contributed by atoms with Gasteiger partial charge in [0.1, 0.15) is 0 Å². The number of hydrogen-bond acceptors (Lipinski definition) is 0. The van der Waals surface area contributed by atoms with Crippen molar-refractivity contribution in [1.82, 2.24) is 0 Å². The maximum atomic E-state index is 12.3. The van der Waals surface area contributed by atoms with Crippen molar-refractivity contribution >= 4 is 27.5 Å². The molecule has 1 rings (SSSR count). The van der Waals surface area contributed by atoms with Gasteiger partial charge in [0.2, 0.25) is 0 Å². The zero-order valence-electron chi connectivity index (χ0n) is 6.88. The fraction of sp³-hybridized carbons (Fsp3) is 0.250. The summed E-state index contributed by atoms with van der Waals surface area (Å²) in [4.78, 5) is 0. The lowest BCUT2D eigenvalue weighted by Gasteiger charge is -2.12. The first-order valence-corrected chi connectivity index (χ1v) is 4.75. The molecule has 0 nitrogen and oxygen atoms in total. The molecule has 0 aromatic heterocycles. The van der Waals surface area contributed by atoms with Gasteiger partial charge in [0.25, 0.3) is 6.43 Å². The van der Waals surface area contributed by atoms with Crippen LogP contribution in [0.3, 0.4) is 0 Å². The smallest absolute Gasteiger partial charge is 0.205 e. The fourth-order valence-electron chi connectivity index (χ4n) is 0.990. The molecule has 1 aromatic rings. The van der Waals surface area contributed by atoms with Crippen molar-refractivity contribution < 1.29 is 22.0 Å². The highest BCUT2D eigenvalue weighted by Gasteiger charge is 2.36. The van der Waals surface area contributed by atoms with Crippen LogP contribution in [0.5, 0.6) is 0 Å². The van der Waals surface area contributed by atoms with Gasteiger partial charge in [-0.1, -0.05) is 27.5 Å². The topological polar surface area (TPSA) is 0 Å². The number of benzene rings is 1. The van der Waals surface area contributed by atoms with E-state index in [2.05, 4.69) is 15.9 Å². The number of hydrogen-bond donors (Lipinski definition) is 0. The maximum Gasteiger partial charge on any atom is 0.418 e. The van der Waals surface area contributed by atoms with Crippen LogP contribution in [0, 0.1) is 0 Å². The molecule has 0 spiro atoms. The van der Waals surface area contributed by atoms with Crippen molar-refractivity contribution in [2.45, 2.75) is 12.6 Å². The summed E-state index contributed by atoms with van der Waals surface area (Å²) in [5.74, 6) is 0. The van der Waals surface area contributed by atoms with Gasteiger partial charge in [0, 0.05) is 10.0 Å². The lowest BCUT2D eigenvalue weighted by Crippen LogP contribution is -2.07. The highest BCUT2D eigenvalue weighted by molar-refractivity contribution is 9.10. The minimum atomic E-state index is -4.67. The SMILES string of the molecule is FC(F)c1cc(Cl)c(C(F)(F)F)c(Br)c1. The van der Waals surface area contributed by atoms with E-state index in [1.165, 1.54) is 0 Å². The Labute approximate surface area is 95.2 Å². The van der Waals surface area contributed by atoms with Crippen LogP contribution in [-0.2, 0) is 6.18 Å². The van der Waals surface area contributed by atoms with E-state index in [0.717, 1.165) is 0 Å². The summed E-state index contributed by atoms with van der Waals surface area (Å²) in [5, 5.41) is -0.743. The molecule has 0 aliphatic rings. The summed E-state index contributed by atoms with van der Waals surface area (Å²) >= 11 is 7.84. The van der Waals surface area contributed by atoms with Crippen molar-refractivity contribution in [3.05, 3.63) is 32.8 Å². The molecule has 0 amide bonds. The molecule has 0 N–H and O–H groups in total. The van der Waals surface area contributed by atoms with Crippen LogP contribution in [0.1, 0.15) is 17.6 Å². The Morgan fingerprint density at radius 1 is 1.20 bits per heavy atom. The standard InChI is InChI=1S/C8H3BrClF5/c9-4-1-3(7(11)12)2-5(10)6(4)8(13,14)15/h1-2,7H. The predicted octanol–water partition coefficient (Wildman–Crippen LogP) is 5.06. The van der Waals surface area contributed by atoms with Gasteiger partial charge < -0.3 is 0 Å². The largest absolute Gasteiger partial charge is 0.418 e. The van der Waals surface area contributed by atoms with Crippen LogP contribution in [0.25, 0.3) is 0 Å². The second-order valence-electron chi connectivity index (χ2n) is 2.66. The first kappa shape index (κ1) is 12.7. The lowest BCUT2D eigenvalue weighted by molar-refractivity contribution is -0.138. The van der Waals surface area contributed by atoms with Gasteiger partial charge in [-0.2, -0.15) is 13.2 Å². The van der Waals surface area contributed by atoms with Crippen molar-refractivity contribution in [3.8, 4) is 0 Å². The summed E-state index contributed by atoms with van der Waals surface area (Å²) in [5.41, 5.74) is -1.70. The Bertz CT molecular complexity index is 351. The minimum Gasteiger partial charge on any atom is -0.205 e. The molecular formula is C8H3BrClF5. The summed E-state index contributed by atoms with van der Waals surface area (Å²) < 4.78 is 60.9. The van der Waals surface area contributed by atoms with Crippen molar-refractivity contribution in [2.24, 2.45) is 0 Å². The summed E-state index contributed by atoms with van der Waals surface area (Å²) in [6.45, 7) is 0. The molecule has 0 radical (unpaired) electrons. The molecule has 0 bridgehead atoms. The highest BCUT2D eigenvalue weighted by Crippen LogP contribution is 2.41. The molecular weight excluding hydrogens is 306 g/mol. The van der Waals surface area contributed by atoms with Crippen LogP contribution in [0.2, 0.25) is 5.02 Å². The third-order valence-corrected chi connectivity index (χ3v) is 2.52. The van der Waals surface area contributed by atoms with E-state index in [-0.39, 0.29) is 0 Å². The Morgan fingerprint density at radius 2 is 1.73 bits per heavy atom. The Balaban J connectivity index is 3.34. The zero-order chi connectivity index (χ0) is 11.8. The summed E-state index contributed by atoms with van der Waals surface area (Å²) in [6, 6.07) is 1.32. The predicted molar refractivity (Wildman–Crippen MR) is 49.1 cm³/mol. The molecule has 0 saturated heterocycles. The molecule has 84 valence electrons. The van der Waals surface area contributed by atoms with Crippen molar-refractivity contribution in [2.75, 3.05) is 0 Å². The Kier molecular flexibility index (Phi) is 3.60. The first-order valence-electron chi connectivity index (χ1n) is 3.57. The van der Waals surface area contributed by atoms with Crippen LogP contribution in [0.4, 0.5) is 22.0 Å². The van der Waals surface area contributed by atoms with E-state index >= 15 is 0 Å². The lowest BCUT2D eigenvalue weighted by atomic mass is 10.1. The van der Waals surface area contributed by atoms with Gasteiger partial charge in [-0.15, -0.1) is 0 Å². The van der Waals surface area contributed by atoms with Gasteiger partial charge in [-0.3, -0.25) is 0 Å². The maximum absolute atomic E-state index is 12.3. The van der Waals surface area contributed by atoms with E-state index in [0.29, 0.717) is 12.1 Å². The third kappa shape index (κ3) is 2.81. The molecule has 0 atom stereocenters. The van der Waals surface area contributed by atoms with E-state index in [4.69, 9.17) is 11.6 Å². The molecule has 0 fully saturated rings. The highest BCUT2D eigenvalue weighted by atomic mass is 79.9. The van der Waals surface area contributed by atoms with Gasteiger partial charge in [-0.25, -0.2) is 8.78 Å². The average molecular weight is 309 g/mol. The monoisotopic (exact) mass is 308 g/mol.